The Morgan fingerprint density at radius 2 is 1.93 bits per heavy atom. The number of aryl methyl sites for hydroxylation is 2. The smallest absolute Gasteiger partial charge is 0.355 e. The van der Waals surface area contributed by atoms with Crippen molar-refractivity contribution < 1.29 is 19.1 Å². The highest BCUT2D eigenvalue weighted by molar-refractivity contribution is 6.38. The first-order valence-electron chi connectivity index (χ1n) is 10.8. The molecule has 1 aliphatic heterocycles. The van der Waals surface area contributed by atoms with Gasteiger partial charge in [0.05, 0.1) is 5.69 Å². The molecule has 2 aliphatic rings. The molecular formula is C23H31N3O4. The standard InChI is InChI=1S/C23H31N3O4/c1-14-9-10-16(3)20(13-14)26-21(27)12-11-19(25-26)23(29)30-17(4)22(28)24-18-8-6-5-7-15(18)2/h9-10,13,15,17-18H,5-8,11-12H2,1-4H3,(H,24,28)/t15-,17-,18-/m0/s1. The van der Waals surface area contributed by atoms with Crippen LogP contribution in [0.3, 0.4) is 0 Å². The van der Waals surface area contributed by atoms with Crippen molar-refractivity contribution in [3.63, 3.8) is 0 Å². The van der Waals surface area contributed by atoms with E-state index in [9.17, 15) is 14.4 Å². The van der Waals surface area contributed by atoms with Gasteiger partial charge in [0, 0.05) is 18.9 Å². The molecule has 1 aliphatic carbocycles. The topological polar surface area (TPSA) is 88.1 Å². The van der Waals surface area contributed by atoms with Crippen LogP contribution >= 0.6 is 0 Å². The van der Waals surface area contributed by atoms with Crippen molar-refractivity contribution >= 4 is 29.2 Å². The lowest BCUT2D eigenvalue weighted by molar-refractivity contribution is -0.149. The van der Waals surface area contributed by atoms with Crippen molar-refractivity contribution in [1.29, 1.82) is 0 Å². The van der Waals surface area contributed by atoms with Gasteiger partial charge in [-0.25, -0.2) is 4.79 Å². The molecule has 0 bridgehead atoms. The van der Waals surface area contributed by atoms with E-state index in [0.29, 0.717) is 11.6 Å². The molecule has 1 aromatic carbocycles. The molecule has 2 amide bonds. The van der Waals surface area contributed by atoms with Crippen molar-refractivity contribution in [3.05, 3.63) is 29.3 Å². The Morgan fingerprint density at radius 3 is 2.67 bits per heavy atom. The Morgan fingerprint density at radius 1 is 1.20 bits per heavy atom. The molecule has 3 rings (SSSR count). The SMILES string of the molecule is Cc1ccc(C)c(N2N=C(C(=O)O[C@@H](C)C(=O)N[C@H]3CCCC[C@@H]3C)CCC2=O)c1. The zero-order valence-corrected chi connectivity index (χ0v) is 18.2. The fourth-order valence-electron chi connectivity index (χ4n) is 3.95. The first-order chi connectivity index (χ1) is 14.3. The highest BCUT2D eigenvalue weighted by Crippen LogP contribution is 2.26. The highest BCUT2D eigenvalue weighted by Gasteiger charge is 2.30. The number of hydrazone groups is 1. The number of nitrogens with one attached hydrogen (secondary N) is 1. The molecule has 7 nitrogen and oxygen atoms in total. The van der Waals surface area contributed by atoms with Crippen LogP contribution in [0.25, 0.3) is 0 Å². The second-order valence-electron chi connectivity index (χ2n) is 8.47. The lowest BCUT2D eigenvalue weighted by Gasteiger charge is -2.30. The van der Waals surface area contributed by atoms with Gasteiger partial charge in [0.1, 0.15) is 5.71 Å². The summed E-state index contributed by atoms with van der Waals surface area (Å²) in [5.41, 5.74) is 2.69. The van der Waals surface area contributed by atoms with Crippen LogP contribution in [-0.4, -0.2) is 35.6 Å². The summed E-state index contributed by atoms with van der Waals surface area (Å²) >= 11 is 0. The molecule has 1 heterocycles. The van der Waals surface area contributed by atoms with Crippen molar-refractivity contribution in [2.75, 3.05) is 5.01 Å². The summed E-state index contributed by atoms with van der Waals surface area (Å²) in [4.78, 5) is 37.5. The number of benzene rings is 1. The van der Waals surface area contributed by atoms with Crippen LogP contribution in [0, 0.1) is 19.8 Å². The van der Waals surface area contributed by atoms with Gasteiger partial charge in [0.25, 0.3) is 5.91 Å². The molecule has 1 saturated carbocycles. The summed E-state index contributed by atoms with van der Waals surface area (Å²) < 4.78 is 5.38. The van der Waals surface area contributed by atoms with Crippen LogP contribution < -0.4 is 10.3 Å². The number of ether oxygens (including phenoxy) is 1. The largest absolute Gasteiger partial charge is 0.448 e. The van der Waals surface area contributed by atoms with Gasteiger partial charge in [-0.05, 0) is 56.7 Å². The Bertz CT molecular complexity index is 864. The van der Waals surface area contributed by atoms with Gasteiger partial charge in [0.2, 0.25) is 5.91 Å². The fourth-order valence-corrected chi connectivity index (χ4v) is 3.95. The van der Waals surface area contributed by atoms with E-state index in [2.05, 4.69) is 17.3 Å². The van der Waals surface area contributed by atoms with E-state index < -0.39 is 12.1 Å². The minimum atomic E-state index is -0.916. The molecular weight excluding hydrogens is 382 g/mol. The highest BCUT2D eigenvalue weighted by atomic mass is 16.5. The van der Waals surface area contributed by atoms with Crippen LogP contribution in [0.5, 0.6) is 0 Å². The third kappa shape index (κ3) is 5.07. The summed E-state index contributed by atoms with van der Waals surface area (Å²) in [5.74, 6) is -0.694. The van der Waals surface area contributed by atoms with Gasteiger partial charge < -0.3 is 10.1 Å². The molecule has 0 saturated heterocycles. The monoisotopic (exact) mass is 413 g/mol. The molecule has 1 fully saturated rings. The van der Waals surface area contributed by atoms with E-state index >= 15 is 0 Å². The average Bonchev–Trinajstić information content (AvgIpc) is 2.71. The molecule has 162 valence electrons. The first kappa shape index (κ1) is 22.0. The molecule has 7 heteroatoms. The molecule has 0 radical (unpaired) electrons. The van der Waals surface area contributed by atoms with E-state index in [0.717, 1.165) is 30.4 Å². The predicted octanol–water partition coefficient (Wildman–Crippen LogP) is 3.41. The molecule has 0 aromatic heterocycles. The lowest BCUT2D eigenvalue weighted by atomic mass is 9.86. The number of rotatable bonds is 5. The molecule has 3 atom stereocenters. The summed E-state index contributed by atoms with van der Waals surface area (Å²) in [6.45, 7) is 7.53. The number of nitrogens with zero attached hydrogens (tertiary/aromatic N) is 2. The van der Waals surface area contributed by atoms with E-state index in [1.165, 1.54) is 11.4 Å². The van der Waals surface area contributed by atoms with Crippen LogP contribution in [0.2, 0.25) is 0 Å². The summed E-state index contributed by atoms with van der Waals surface area (Å²) in [6, 6.07) is 5.86. The first-order valence-corrected chi connectivity index (χ1v) is 10.8. The number of hydrogen-bond acceptors (Lipinski definition) is 5. The van der Waals surface area contributed by atoms with E-state index in [4.69, 9.17) is 4.74 Å². The maximum absolute atomic E-state index is 12.6. The van der Waals surface area contributed by atoms with Crippen molar-refractivity contribution in [3.8, 4) is 0 Å². The van der Waals surface area contributed by atoms with Crippen LogP contribution in [0.4, 0.5) is 5.69 Å². The number of carbonyl (C=O) groups excluding carboxylic acids is 3. The third-order valence-corrected chi connectivity index (χ3v) is 5.95. The van der Waals surface area contributed by atoms with Crippen molar-refractivity contribution in [1.82, 2.24) is 5.32 Å². The Kier molecular flexibility index (Phi) is 6.90. The predicted molar refractivity (Wildman–Crippen MR) is 115 cm³/mol. The Hall–Kier alpha value is -2.70. The fraction of sp³-hybridized carbons (Fsp3) is 0.565. The third-order valence-electron chi connectivity index (χ3n) is 5.95. The van der Waals surface area contributed by atoms with Gasteiger partial charge in [0.15, 0.2) is 6.10 Å². The van der Waals surface area contributed by atoms with Gasteiger partial charge in [-0.3, -0.25) is 9.59 Å². The quantitative estimate of drug-likeness (QED) is 0.749. The normalized spacial score (nSPS) is 22.9. The average molecular weight is 414 g/mol. The van der Waals surface area contributed by atoms with E-state index in [1.807, 2.05) is 32.0 Å². The molecule has 30 heavy (non-hydrogen) atoms. The molecule has 0 spiro atoms. The number of amides is 2. The number of anilines is 1. The van der Waals surface area contributed by atoms with Crippen LogP contribution in [0.15, 0.2) is 23.3 Å². The lowest BCUT2D eigenvalue weighted by Crippen LogP contribution is -2.46. The molecule has 1 aromatic rings. The number of esters is 1. The molecule has 1 N–H and O–H groups in total. The zero-order chi connectivity index (χ0) is 21.8. The van der Waals surface area contributed by atoms with Gasteiger partial charge in [-0.15, -0.1) is 0 Å². The van der Waals surface area contributed by atoms with Gasteiger partial charge >= 0.3 is 5.97 Å². The van der Waals surface area contributed by atoms with Crippen LogP contribution in [-0.2, 0) is 19.1 Å². The van der Waals surface area contributed by atoms with E-state index in [-0.39, 0.29) is 36.4 Å². The zero-order valence-electron chi connectivity index (χ0n) is 18.2. The van der Waals surface area contributed by atoms with E-state index in [1.54, 1.807) is 6.92 Å². The van der Waals surface area contributed by atoms with Crippen LogP contribution in [0.1, 0.15) is 63.5 Å². The maximum atomic E-state index is 12.6. The number of carbonyl (C=O) groups is 3. The van der Waals surface area contributed by atoms with Gasteiger partial charge in [-0.1, -0.05) is 31.9 Å². The Labute approximate surface area is 177 Å². The summed E-state index contributed by atoms with van der Waals surface area (Å²) in [5, 5.41) is 8.56. The van der Waals surface area contributed by atoms with Crippen molar-refractivity contribution in [2.45, 2.75) is 78.4 Å². The number of hydrogen-bond donors (Lipinski definition) is 1. The summed E-state index contributed by atoms with van der Waals surface area (Å²) in [6.07, 6.45) is 3.79. The van der Waals surface area contributed by atoms with Gasteiger partial charge in [-0.2, -0.15) is 10.1 Å². The molecule has 0 unspecified atom stereocenters. The minimum absolute atomic E-state index is 0.122. The second-order valence-corrected chi connectivity index (χ2v) is 8.47. The summed E-state index contributed by atoms with van der Waals surface area (Å²) in [7, 11) is 0. The second kappa shape index (κ2) is 9.41. The maximum Gasteiger partial charge on any atom is 0.355 e. The van der Waals surface area contributed by atoms with Crippen molar-refractivity contribution in [2.24, 2.45) is 11.0 Å². The Balaban J connectivity index is 1.67. The minimum Gasteiger partial charge on any atom is -0.448 e.